The van der Waals surface area contributed by atoms with Crippen molar-refractivity contribution in [2.45, 2.75) is 45.4 Å². The molecule has 6 nitrogen and oxygen atoms in total. The number of aliphatic imine (C=N–C) groups is 1. The maximum Gasteiger partial charge on any atom is 0.189 e. The summed E-state index contributed by atoms with van der Waals surface area (Å²) in [5.74, 6) is 1.26. The van der Waals surface area contributed by atoms with Crippen LogP contribution in [0.4, 0.5) is 0 Å². The maximum atomic E-state index is 5.98. The Bertz CT molecular complexity index is 548. The number of nitrogens with one attached hydrogen (secondary N) is 1. The molecule has 7 heteroatoms. The number of ether oxygens (including phenoxy) is 3. The average molecular weight is 463 g/mol. The Balaban J connectivity index is 0.00000312. The van der Waals surface area contributed by atoms with Crippen LogP contribution >= 0.6 is 24.0 Å². The molecule has 2 rings (SSSR count). The zero-order chi connectivity index (χ0) is 17.4. The van der Waals surface area contributed by atoms with Crippen molar-refractivity contribution in [1.82, 2.24) is 5.32 Å². The highest BCUT2D eigenvalue weighted by atomic mass is 127. The number of aryl methyl sites for hydroxylation is 1. The van der Waals surface area contributed by atoms with Crippen LogP contribution in [0.15, 0.2) is 23.2 Å². The van der Waals surface area contributed by atoms with Crippen molar-refractivity contribution in [3.63, 3.8) is 0 Å². The van der Waals surface area contributed by atoms with Gasteiger partial charge in [-0.15, -0.1) is 24.0 Å². The van der Waals surface area contributed by atoms with E-state index >= 15 is 0 Å². The van der Waals surface area contributed by atoms with Crippen molar-refractivity contribution in [1.29, 1.82) is 0 Å². The van der Waals surface area contributed by atoms with Crippen LogP contribution in [0, 0.1) is 6.92 Å². The van der Waals surface area contributed by atoms with Crippen LogP contribution in [0.3, 0.4) is 0 Å². The number of rotatable bonds is 8. The maximum absolute atomic E-state index is 5.98. The second kappa shape index (κ2) is 11.5. The summed E-state index contributed by atoms with van der Waals surface area (Å²) in [6, 6.07) is 6.25. The summed E-state index contributed by atoms with van der Waals surface area (Å²) in [6.45, 7) is 6.51. The van der Waals surface area contributed by atoms with E-state index in [1.54, 1.807) is 7.11 Å². The van der Waals surface area contributed by atoms with E-state index in [-0.39, 0.29) is 36.1 Å². The topological polar surface area (TPSA) is 78.1 Å². The number of methoxy groups -OCH3 is 1. The van der Waals surface area contributed by atoms with Crippen LogP contribution in [0.2, 0.25) is 0 Å². The Morgan fingerprint density at radius 1 is 1.48 bits per heavy atom. The van der Waals surface area contributed by atoms with Gasteiger partial charge in [-0.25, -0.2) is 4.99 Å². The molecule has 1 aliphatic heterocycles. The summed E-state index contributed by atoms with van der Waals surface area (Å²) in [4.78, 5) is 4.40. The molecule has 0 saturated carbocycles. The third-order valence-electron chi connectivity index (χ3n) is 3.90. The molecule has 1 aromatic rings. The van der Waals surface area contributed by atoms with Crippen molar-refractivity contribution < 1.29 is 14.2 Å². The van der Waals surface area contributed by atoms with Crippen LogP contribution in [0.25, 0.3) is 0 Å². The lowest BCUT2D eigenvalue weighted by Crippen LogP contribution is -2.40. The lowest BCUT2D eigenvalue weighted by Gasteiger charge is -2.16. The molecule has 1 saturated heterocycles. The number of nitrogens with zero attached hydrogens (tertiary/aromatic N) is 1. The van der Waals surface area contributed by atoms with Crippen LogP contribution in [0.5, 0.6) is 5.75 Å². The van der Waals surface area contributed by atoms with E-state index in [2.05, 4.69) is 16.4 Å². The number of hydrogen-bond acceptors (Lipinski definition) is 4. The van der Waals surface area contributed by atoms with E-state index in [0.717, 1.165) is 36.3 Å². The van der Waals surface area contributed by atoms with Gasteiger partial charge in [-0.1, -0.05) is 12.1 Å². The van der Waals surface area contributed by atoms with Gasteiger partial charge in [0.1, 0.15) is 12.4 Å². The minimum Gasteiger partial charge on any atom is -0.491 e. The second-order valence-corrected chi connectivity index (χ2v) is 6.26. The van der Waals surface area contributed by atoms with Crippen molar-refractivity contribution in [3.8, 4) is 5.75 Å². The molecule has 1 heterocycles. The fourth-order valence-corrected chi connectivity index (χ4v) is 2.65. The number of nitrogens with two attached hydrogens (primary N) is 1. The largest absolute Gasteiger partial charge is 0.491 e. The fraction of sp³-hybridized carbons (Fsp3) is 0.611. The molecule has 0 amide bonds. The predicted octanol–water partition coefficient (Wildman–Crippen LogP) is 2.61. The molecule has 1 aliphatic rings. The standard InChI is InChI=1S/C18H29N3O3.HI/c1-13-6-7-15(10-20-18(19)21-14(2)11-22-3)17(9-13)24-12-16-5-4-8-23-16;/h6-7,9,14,16H,4-5,8,10-12H2,1-3H3,(H3,19,20,21);1H. The van der Waals surface area contributed by atoms with Crippen LogP contribution in [-0.2, 0) is 16.0 Å². The summed E-state index contributed by atoms with van der Waals surface area (Å²) in [6.07, 6.45) is 2.37. The molecule has 0 aliphatic carbocycles. The van der Waals surface area contributed by atoms with Crippen LogP contribution in [-0.4, -0.2) is 45.0 Å². The zero-order valence-corrected chi connectivity index (χ0v) is 17.6. The lowest BCUT2D eigenvalue weighted by atomic mass is 10.1. The van der Waals surface area contributed by atoms with Gasteiger partial charge in [0, 0.05) is 25.3 Å². The molecular formula is C18H30IN3O3. The summed E-state index contributed by atoms with van der Waals surface area (Å²) >= 11 is 0. The molecule has 3 N–H and O–H groups in total. The van der Waals surface area contributed by atoms with E-state index in [1.807, 2.05) is 26.0 Å². The third kappa shape index (κ3) is 7.79. The summed E-state index contributed by atoms with van der Waals surface area (Å²) in [5, 5.41) is 3.10. The fourth-order valence-electron chi connectivity index (χ4n) is 2.65. The summed E-state index contributed by atoms with van der Waals surface area (Å²) < 4.78 is 16.7. The molecule has 2 atom stereocenters. The molecule has 142 valence electrons. The molecule has 0 spiro atoms. The SMILES string of the molecule is COCC(C)NC(N)=NCc1ccc(C)cc1OCC1CCCO1.I. The lowest BCUT2D eigenvalue weighted by molar-refractivity contribution is 0.0676. The second-order valence-electron chi connectivity index (χ2n) is 6.26. The Morgan fingerprint density at radius 2 is 2.28 bits per heavy atom. The van der Waals surface area contributed by atoms with Gasteiger partial charge < -0.3 is 25.3 Å². The minimum atomic E-state index is 0. The number of halogens is 1. The zero-order valence-electron chi connectivity index (χ0n) is 15.3. The third-order valence-corrected chi connectivity index (χ3v) is 3.90. The number of guanidine groups is 1. The molecule has 25 heavy (non-hydrogen) atoms. The van der Waals surface area contributed by atoms with Gasteiger partial charge in [0.2, 0.25) is 0 Å². The Morgan fingerprint density at radius 3 is 2.96 bits per heavy atom. The highest BCUT2D eigenvalue weighted by Crippen LogP contribution is 2.23. The first-order valence-electron chi connectivity index (χ1n) is 8.47. The highest BCUT2D eigenvalue weighted by molar-refractivity contribution is 14.0. The highest BCUT2D eigenvalue weighted by Gasteiger charge is 2.16. The van der Waals surface area contributed by atoms with Crippen molar-refractivity contribution in [2.24, 2.45) is 10.7 Å². The van der Waals surface area contributed by atoms with Gasteiger partial charge in [0.05, 0.1) is 19.3 Å². The molecule has 0 radical (unpaired) electrons. The first-order valence-corrected chi connectivity index (χ1v) is 8.47. The van der Waals surface area contributed by atoms with Crippen molar-refractivity contribution in [3.05, 3.63) is 29.3 Å². The first-order chi connectivity index (χ1) is 11.6. The smallest absolute Gasteiger partial charge is 0.189 e. The molecule has 1 fully saturated rings. The van der Waals surface area contributed by atoms with Gasteiger partial charge in [0.25, 0.3) is 0 Å². The Hall–Kier alpha value is -1.06. The van der Waals surface area contributed by atoms with E-state index in [1.165, 1.54) is 0 Å². The minimum absolute atomic E-state index is 0. The molecule has 0 aromatic heterocycles. The molecular weight excluding hydrogens is 433 g/mol. The molecule has 2 unspecified atom stereocenters. The molecule has 1 aromatic carbocycles. The Kier molecular flexibility index (Phi) is 10.1. The monoisotopic (exact) mass is 463 g/mol. The van der Waals surface area contributed by atoms with Gasteiger partial charge in [-0.3, -0.25) is 0 Å². The normalized spacial score (nSPS) is 18.5. The van der Waals surface area contributed by atoms with E-state index in [9.17, 15) is 0 Å². The average Bonchev–Trinajstić information content (AvgIpc) is 3.05. The number of benzene rings is 1. The first kappa shape index (κ1) is 22.0. The van der Waals surface area contributed by atoms with Gasteiger partial charge >= 0.3 is 0 Å². The van der Waals surface area contributed by atoms with E-state index in [0.29, 0.717) is 25.7 Å². The van der Waals surface area contributed by atoms with Crippen molar-refractivity contribution >= 4 is 29.9 Å². The van der Waals surface area contributed by atoms with E-state index < -0.39 is 0 Å². The van der Waals surface area contributed by atoms with E-state index in [4.69, 9.17) is 19.9 Å². The molecule has 0 bridgehead atoms. The van der Waals surface area contributed by atoms with Gasteiger partial charge in [-0.05, 0) is 38.3 Å². The quantitative estimate of drug-likeness (QED) is 0.352. The van der Waals surface area contributed by atoms with Crippen LogP contribution < -0.4 is 15.8 Å². The summed E-state index contributed by atoms with van der Waals surface area (Å²) in [5.41, 5.74) is 8.10. The Labute approximate surface area is 167 Å². The van der Waals surface area contributed by atoms with Crippen molar-refractivity contribution in [2.75, 3.05) is 26.9 Å². The summed E-state index contributed by atoms with van der Waals surface area (Å²) in [7, 11) is 1.66. The van der Waals surface area contributed by atoms with Crippen LogP contribution in [0.1, 0.15) is 30.9 Å². The van der Waals surface area contributed by atoms with Gasteiger partial charge in [-0.2, -0.15) is 0 Å². The number of hydrogen-bond donors (Lipinski definition) is 2. The van der Waals surface area contributed by atoms with Gasteiger partial charge in [0.15, 0.2) is 5.96 Å². The predicted molar refractivity (Wildman–Crippen MR) is 111 cm³/mol.